The van der Waals surface area contributed by atoms with Crippen molar-refractivity contribution in [3.8, 4) is 0 Å². The second-order valence-electron chi connectivity index (χ2n) is 6.81. The molecule has 1 aliphatic carbocycles. The van der Waals surface area contributed by atoms with E-state index in [1.54, 1.807) is 0 Å². The van der Waals surface area contributed by atoms with Crippen molar-refractivity contribution < 1.29 is 14.7 Å². The molecule has 2 heterocycles. The van der Waals surface area contributed by atoms with Gasteiger partial charge >= 0.3 is 5.97 Å². The van der Waals surface area contributed by atoms with Gasteiger partial charge in [-0.25, -0.2) is 0 Å². The number of carboxylic acid groups (broad SMARTS) is 1. The van der Waals surface area contributed by atoms with Crippen molar-refractivity contribution >= 4 is 11.9 Å². The molecule has 0 aromatic carbocycles. The SMILES string of the molecule is O=C(O)[C@H]1CCC[C@H]1C(=O)N1CCCC(N2CCCC2)C1. The van der Waals surface area contributed by atoms with Gasteiger partial charge in [-0.2, -0.15) is 0 Å². The minimum Gasteiger partial charge on any atom is -0.481 e. The minimum absolute atomic E-state index is 0.101. The van der Waals surface area contributed by atoms with Crippen LogP contribution in [0.4, 0.5) is 0 Å². The third-order valence-corrected chi connectivity index (χ3v) is 5.52. The van der Waals surface area contributed by atoms with E-state index in [1.165, 1.54) is 19.3 Å². The van der Waals surface area contributed by atoms with Crippen molar-refractivity contribution in [2.24, 2.45) is 11.8 Å². The molecule has 3 atom stereocenters. The number of carbonyl (C=O) groups is 2. The van der Waals surface area contributed by atoms with Crippen molar-refractivity contribution in [2.45, 2.75) is 51.0 Å². The second-order valence-corrected chi connectivity index (χ2v) is 6.81. The molecule has 5 nitrogen and oxygen atoms in total. The molecule has 0 spiro atoms. The van der Waals surface area contributed by atoms with Crippen LogP contribution in [0.5, 0.6) is 0 Å². The van der Waals surface area contributed by atoms with E-state index in [1.807, 2.05) is 4.90 Å². The summed E-state index contributed by atoms with van der Waals surface area (Å²) in [6.07, 6.45) is 7.06. The fourth-order valence-electron chi connectivity index (χ4n) is 4.35. The van der Waals surface area contributed by atoms with Crippen LogP contribution in [0.1, 0.15) is 44.9 Å². The quantitative estimate of drug-likeness (QED) is 0.858. The number of carbonyl (C=O) groups excluding carboxylic acids is 1. The highest BCUT2D eigenvalue weighted by atomic mass is 16.4. The van der Waals surface area contributed by atoms with Crippen LogP contribution >= 0.6 is 0 Å². The van der Waals surface area contributed by atoms with Gasteiger partial charge in [-0.1, -0.05) is 6.42 Å². The molecule has 3 rings (SSSR count). The Hall–Kier alpha value is -1.10. The molecule has 1 amide bonds. The monoisotopic (exact) mass is 294 g/mol. The number of amides is 1. The highest BCUT2D eigenvalue weighted by molar-refractivity contribution is 5.85. The van der Waals surface area contributed by atoms with Gasteiger partial charge in [-0.05, 0) is 51.6 Å². The van der Waals surface area contributed by atoms with E-state index >= 15 is 0 Å². The van der Waals surface area contributed by atoms with Crippen molar-refractivity contribution in [1.29, 1.82) is 0 Å². The van der Waals surface area contributed by atoms with E-state index in [-0.39, 0.29) is 11.8 Å². The maximum Gasteiger partial charge on any atom is 0.307 e. The number of hydrogen-bond acceptors (Lipinski definition) is 3. The number of hydrogen-bond donors (Lipinski definition) is 1. The first-order valence-electron chi connectivity index (χ1n) is 8.42. The van der Waals surface area contributed by atoms with Crippen LogP contribution in [0.3, 0.4) is 0 Å². The largest absolute Gasteiger partial charge is 0.481 e. The molecular weight excluding hydrogens is 268 g/mol. The van der Waals surface area contributed by atoms with Crippen LogP contribution in [0.15, 0.2) is 0 Å². The fraction of sp³-hybridized carbons (Fsp3) is 0.875. The number of carboxylic acids is 1. The molecule has 2 saturated heterocycles. The zero-order valence-corrected chi connectivity index (χ0v) is 12.7. The van der Waals surface area contributed by atoms with E-state index in [9.17, 15) is 14.7 Å². The zero-order chi connectivity index (χ0) is 14.8. The topological polar surface area (TPSA) is 60.9 Å². The maximum absolute atomic E-state index is 12.7. The van der Waals surface area contributed by atoms with Gasteiger partial charge in [0.2, 0.25) is 5.91 Å². The van der Waals surface area contributed by atoms with Gasteiger partial charge < -0.3 is 10.0 Å². The normalized spacial score (nSPS) is 34.3. The Morgan fingerprint density at radius 3 is 2.29 bits per heavy atom. The summed E-state index contributed by atoms with van der Waals surface area (Å²) in [4.78, 5) is 28.5. The average Bonchev–Trinajstić information content (AvgIpc) is 3.17. The Morgan fingerprint density at radius 2 is 1.57 bits per heavy atom. The summed E-state index contributed by atoms with van der Waals surface area (Å²) < 4.78 is 0. The smallest absolute Gasteiger partial charge is 0.307 e. The van der Waals surface area contributed by atoms with Gasteiger partial charge in [0.05, 0.1) is 11.8 Å². The van der Waals surface area contributed by atoms with Crippen LogP contribution in [0.2, 0.25) is 0 Å². The lowest BCUT2D eigenvalue weighted by Gasteiger charge is -2.39. The van der Waals surface area contributed by atoms with Crippen molar-refractivity contribution in [3.05, 3.63) is 0 Å². The molecule has 0 aromatic heterocycles. The summed E-state index contributed by atoms with van der Waals surface area (Å²) in [5, 5.41) is 9.28. The lowest BCUT2D eigenvalue weighted by molar-refractivity contribution is -0.149. The molecule has 3 aliphatic rings. The van der Waals surface area contributed by atoms with E-state index < -0.39 is 11.9 Å². The van der Waals surface area contributed by atoms with Crippen LogP contribution in [-0.4, -0.2) is 59.0 Å². The summed E-state index contributed by atoms with van der Waals surface area (Å²) in [6.45, 7) is 3.94. The van der Waals surface area contributed by atoms with Gasteiger partial charge in [0, 0.05) is 19.1 Å². The average molecular weight is 294 g/mol. The van der Waals surface area contributed by atoms with E-state index in [0.717, 1.165) is 45.4 Å². The molecule has 0 aromatic rings. The van der Waals surface area contributed by atoms with Gasteiger partial charge in [0.25, 0.3) is 0 Å². The van der Waals surface area contributed by atoms with E-state index in [0.29, 0.717) is 12.5 Å². The maximum atomic E-state index is 12.7. The second kappa shape index (κ2) is 6.34. The summed E-state index contributed by atoms with van der Waals surface area (Å²) >= 11 is 0. The highest BCUT2D eigenvalue weighted by Gasteiger charge is 2.41. The minimum atomic E-state index is -0.793. The molecule has 1 saturated carbocycles. The van der Waals surface area contributed by atoms with Gasteiger partial charge in [0.15, 0.2) is 0 Å². The lowest BCUT2D eigenvalue weighted by Crippen LogP contribution is -2.51. The van der Waals surface area contributed by atoms with Crippen molar-refractivity contribution in [2.75, 3.05) is 26.2 Å². The number of piperidine rings is 1. The van der Waals surface area contributed by atoms with Crippen LogP contribution in [0.25, 0.3) is 0 Å². The molecule has 5 heteroatoms. The molecule has 0 radical (unpaired) electrons. The summed E-state index contributed by atoms with van der Waals surface area (Å²) in [7, 11) is 0. The van der Waals surface area contributed by atoms with Gasteiger partial charge in [0.1, 0.15) is 0 Å². The van der Waals surface area contributed by atoms with Gasteiger partial charge in [-0.3, -0.25) is 14.5 Å². The number of nitrogens with zero attached hydrogens (tertiary/aromatic N) is 2. The highest BCUT2D eigenvalue weighted by Crippen LogP contribution is 2.34. The predicted molar refractivity (Wildman–Crippen MR) is 78.9 cm³/mol. The lowest BCUT2D eigenvalue weighted by atomic mass is 9.93. The van der Waals surface area contributed by atoms with Crippen molar-refractivity contribution in [1.82, 2.24) is 9.80 Å². The molecular formula is C16H26N2O3. The molecule has 0 bridgehead atoms. The summed E-state index contributed by atoms with van der Waals surface area (Å²) in [6, 6.07) is 0.495. The number of likely N-dealkylation sites (tertiary alicyclic amines) is 2. The van der Waals surface area contributed by atoms with Crippen LogP contribution in [-0.2, 0) is 9.59 Å². The molecule has 2 aliphatic heterocycles. The molecule has 3 fully saturated rings. The first kappa shape index (κ1) is 14.8. The third-order valence-electron chi connectivity index (χ3n) is 5.52. The van der Waals surface area contributed by atoms with E-state index in [4.69, 9.17) is 0 Å². The van der Waals surface area contributed by atoms with Crippen molar-refractivity contribution in [3.63, 3.8) is 0 Å². The van der Waals surface area contributed by atoms with Crippen LogP contribution < -0.4 is 0 Å². The number of rotatable bonds is 3. The molecule has 118 valence electrons. The predicted octanol–water partition coefficient (Wildman–Crippen LogP) is 1.57. The first-order chi connectivity index (χ1) is 10.2. The van der Waals surface area contributed by atoms with Crippen LogP contribution in [0, 0.1) is 11.8 Å². The Bertz CT molecular complexity index is 406. The Labute approximate surface area is 126 Å². The van der Waals surface area contributed by atoms with Gasteiger partial charge in [-0.15, -0.1) is 0 Å². The molecule has 1 N–H and O–H groups in total. The molecule has 21 heavy (non-hydrogen) atoms. The Morgan fingerprint density at radius 1 is 0.857 bits per heavy atom. The Balaban J connectivity index is 1.62. The fourth-order valence-corrected chi connectivity index (χ4v) is 4.35. The molecule has 1 unspecified atom stereocenters. The Kier molecular flexibility index (Phi) is 4.48. The summed E-state index contributed by atoms with van der Waals surface area (Å²) in [5.74, 6) is -1.42. The number of aliphatic carboxylic acids is 1. The standard InChI is InChI=1S/C16H26N2O3/c19-15(13-6-3-7-14(13)16(20)21)18-10-4-5-12(11-18)17-8-1-2-9-17/h12-14H,1-11H2,(H,20,21)/t12?,13-,14+/m1/s1. The third kappa shape index (κ3) is 3.07. The van der Waals surface area contributed by atoms with E-state index in [2.05, 4.69) is 4.90 Å². The summed E-state index contributed by atoms with van der Waals surface area (Å²) in [5.41, 5.74) is 0. The zero-order valence-electron chi connectivity index (χ0n) is 12.7. The first-order valence-corrected chi connectivity index (χ1v) is 8.42.